The monoisotopic (exact) mass is 240 g/mol. The third-order valence-corrected chi connectivity index (χ3v) is 3.50. The van der Waals surface area contributed by atoms with E-state index >= 15 is 0 Å². The molecule has 86 valence electrons. The van der Waals surface area contributed by atoms with Gasteiger partial charge in [0.05, 0.1) is 0 Å². The van der Waals surface area contributed by atoms with E-state index in [9.17, 15) is 18.0 Å². The van der Waals surface area contributed by atoms with Crippen molar-refractivity contribution in [1.29, 1.82) is 0 Å². The van der Waals surface area contributed by atoms with Gasteiger partial charge in [0, 0.05) is 11.8 Å². The number of hydrogen-bond acceptors (Lipinski definition) is 4. The van der Waals surface area contributed by atoms with E-state index in [1.54, 1.807) is 18.2 Å². The van der Waals surface area contributed by atoms with Crippen LogP contribution in [0.1, 0.15) is 17.3 Å². The van der Waals surface area contributed by atoms with Crippen LogP contribution in [0.2, 0.25) is 0 Å². The van der Waals surface area contributed by atoms with Crippen molar-refractivity contribution < 1.29 is 18.0 Å². The molecule has 1 unspecified atom stereocenters. The summed E-state index contributed by atoms with van der Waals surface area (Å²) >= 11 is 0. The summed E-state index contributed by atoms with van der Waals surface area (Å²) in [5.74, 6) is -1.33. The number of carbonyl (C=O) groups excluding carboxylic acids is 2. The summed E-state index contributed by atoms with van der Waals surface area (Å²) in [5, 5.41) is -1.59. The maximum atomic E-state index is 11.8. The molecule has 4 nitrogen and oxygen atoms in total. The van der Waals surface area contributed by atoms with Gasteiger partial charge in [0.25, 0.3) is 0 Å². The molecule has 0 saturated carbocycles. The molecule has 1 aromatic rings. The van der Waals surface area contributed by atoms with E-state index in [2.05, 4.69) is 0 Å². The second-order valence-electron chi connectivity index (χ2n) is 3.55. The Kier molecular flexibility index (Phi) is 3.59. The fraction of sp³-hybridized carbons (Fsp3) is 0.273. The van der Waals surface area contributed by atoms with Gasteiger partial charge in [0.2, 0.25) is 0 Å². The highest BCUT2D eigenvalue weighted by molar-refractivity contribution is 7.92. The fourth-order valence-electron chi connectivity index (χ4n) is 1.43. The average molecular weight is 240 g/mol. The van der Waals surface area contributed by atoms with Gasteiger partial charge in [-0.1, -0.05) is 30.3 Å². The number of sulfone groups is 1. The highest BCUT2D eigenvalue weighted by atomic mass is 32.2. The number of benzene rings is 1. The van der Waals surface area contributed by atoms with Crippen molar-refractivity contribution in [3.63, 3.8) is 0 Å². The quantitative estimate of drug-likeness (QED) is 0.578. The van der Waals surface area contributed by atoms with Crippen LogP contribution in [0, 0.1) is 0 Å². The molecule has 0 aliphatic heterocycles. The molecular formula is C11H12O4S. The van der Waals surface area contributed by atoms with Crippen molar-refractivity contribution in [1.82, 2.24) is 0 Å². The first-order chi connectivity index (χ1) is 7.34. The Hall–Kier alpha value is -1.49. The molecule has 16 heavy (non-hydrogen) atoms. The van der Waals surface area contributed by atoms with Crippen LogP contribution in [0.25, 0.3) is 0 Å². The maximum Gasteiger partial charge on any atom is 0.188 e. The molecule has 0 amide bonds. The van der Waals surface area contributed by atoms with Crippen LogP contribution in [-0.2, 0) is 14.6 Å². The lowest BCUT2D eigenvalue weighted by atomic mass is 10.1. The predicted molar refractivity (Wildman–Crippen MR) is 60.1 cm³/mol. The molecule has 0 bridgehead atoms. The Morgan fingerprint density at radius 2 is 1.62 bits per heavy atom. The minimum absolute atomic E-state index is 0.230. The van der Waals surface area contributed by atoms with Crippen molar-refractivity contribution >= 4 is 21.4 Å². The topological polar surface area (TPSA) is 68.3 Å². The van der Waals surface area contributed by atoms with E-state index in [4.69, 9.17) is 0 Å². The summed E-state index contributed by atoms with van der Waals surface area (Å²) < 4.78 is 22.7. The minimum Gasteiger partial charge on any atom is -0.298 e. The highest BCUT2D eigenvalue weighted by Gasteiger charge is 2.33. The summed E-state index contributed by atoms with van der Waals surface area (Å²) in [6.07, 6.45) is 0.889. The van der Waals surface area contributed by atoms with Crippen LogP contribution in [-0.4, -0.2) is 31.5 Å². The van der Waals surface area contributed by atoms with E-state index in [0.29, 0.717) is 0 Å². The number of carbonyl (C=O) groups is 2. The highest BCUT2D eigenvalue weighted by Crippen LogP contribution is 2.10. The molecule has 0 N–H and O–H groups in total. The zero-order valence-electron chi connectivity index (χ0n) is 9.01. The molecule has 1 aromatic carbocycles. The lowest BCUT2D eigenvalue weighted by Gasteiger charge is -2.10. The van der Waals surface area contributed by atoms with Crippen molar-refractivity contribution in [3.05, 3.63) is 35.9 Å². The third kappa shape index (κ3) is 2.76. The molecule has 0 saturated heterocycles. The third-order valence-electron chi connectivity index (χ3n) is 2.09. The van der Waals surface area contributed by atoms with E-state index in [1.165, 1.54) is 12.1 Å². The van der Waals surface area contributed by atoms with Gasteiger partial charge in [-0.2, -0.15) is 0 Å². The first-order valence-electron chi connectivity index (χ1n) is 4.62. The van der Waals surface area contributed by atoms with Gasteiger partial charge in [-0.25, -0.2) is 8.42 Å². The van der Waals surface area contributed by atoms with E-state index in [1.807, 2.05) is 0 Å². The SMILES string of the molecule is CC(=O)C(C(=O)c1ccccc1)S(C)(=O)=O. The molecule has 0 radical (unpaired) electrons. The first kappa shape index (κ1) is 12.6. The molecule has 0 aromatic heterocycles. The van der Waals surface area contributed by atoms with Crippen molar-refractivity contribution in [2.24, 2.45) is 0 Å². The van der Waals surface area contributed by atoms with Gasteiger partial charge in [0.15, 0.2) is 26.7 Å². The first-order valence-corrected chi connectivity index (χ1v) is 6.58. The molecule has 5 heteroatoms. The average Bonchev–Trinajstić information content (AvgIpc) is 2.16. The van der Waals surface area contributed by atoms with Gasteiger partial charge in [-0.15, -0.1) is 0 Å². The smallest absolute Gasteiger partial charge is 0.188 e. The second kappa shape index (κ2) is 4.57. The summed E-state index contributed by atoms with van der Waals surface area (Å²) in [4.78, 5) is 23.0. The largest absolute Gasteiger partial charge is 0.298 e. The Bertz CT molecular complexity index is 502. The van der Waals surface area contributed by atoms with Crippen LogP contribution in [0.4, 0.5) is 0 Å². The number of Topliss-reactive ketones (excluding diaryl/α,β-unsaturated/α-hetero) is 2. The van der Waals surface area contributed by atoms with Gasteiger partial charge in [-0.3, -0.25) is 9.59 Å². The van der Waals surface area contributed by atoms with Crippen molar-refractivity contribution in [2.45, 2.75) is 12.2 Å². The molecule has 1 atom stereocenters. The zero-order valence-corrected chi connectivity index (χ0v) is 9.82. The van der Waals surface area contributed by atoms with Gasteiger partial charge >= 0.3 is 0 Å². The van der Waals surface area contributed by atoms with Crippen LogP contribution in [0.15, 0.2) is 30.3 Å². The van der Waals surface area contributed by atoms with Gasteiger partial charge in [0.1, 0.15) is 0 Å². The summed E-state index contributed by atoms with van der Waals surface area (Å²) in [6.45, 7) is 1.10. The standard InChI is InChI=1S/C11H12O4S/c1-8(12)11(16(2,14)15)10(13)9-6-4-3-5-7-9/h3-7,11H,1-2H3. The number of ketones is 2. The summed E-state index contributed by atoms with van der Waals surface area (Å²) in [7, 11) is -3.71. The Labute approximate surface area is 94.2 Å². The van der Waals surface area contributed by atoms with Crippen molar-refractivity contribution in [2.75, 3.05) is 6.26 Å². The Morgan fingerprint density at radius 3 is 2.00 bits per heavy atom. The summed E-state index contributed by atoms with van der Waals surface area (Å²) in [6, 6.07) is 7.92. The van der Waals surface area contributed by atoms with Gasteiger partial charge in [-0.05, 0) is 6.92 Å². The van der Waals surface area contributed by atoms with Crippen molar-refractivity contribution in [3.8, 4) is 0 Å². The molecule has 0 aliphatic carbocycles. The van der Waals surface area contributed by atoms with E-state index in [-0.39, 0.29) is 5.56 Å². The van der Waals surface area contributed by atoms with Crippen LogP contribution >= 0.6 is 0 Å². The minimum atomic E-state index is -3.71. The van der Waals surface area contributed by atoms with E-state index in [0.717, 1.165) is 13.2 Å². The lowest BCUT2D eigenvalue weighted by Crippen LogP contribution is -2.35. The number of hydrogen-bond donors (Lipinski definition) is 0. The molecule has 0 heterocycles. The van der Waals surface area contributed by atoms with Crippen LogP contribution < -0.4 is 0 Å². The molecule has 1 rings (SSSR count). The fourth-order valence-corrected chi connectivity index (χ4v) is 2.56. The predicted octanol–water partition coefficient (Wildman–Crippen LogP) is 0.872. The number of rotatable bonds is 4. The molecule has 0 spiro atoms. The zero-order chi connectivity index (χ0) is 12.3. The van der Waals surface area contributed by atoms with Crippen LogP contribution in [0.3, 0.4) is 0 Å². The normalized spacial score (nSPS) is 13.1. The molecule has 0 aliphatic rings. The Balaban J connectivity index is 3.18. The van der Waals surface area contributed by atoms with Gasteiger partial charge < -0.3 is 0 Å². The molecule has 0 fully saturated rings. The molecular weight excluding hydrogens is 228 g/mol. The summed E-state index contributed by atoms with van der Waals surface area (Å²) in [5.41, 5.74) is 0.230. The second-order valence-corrected chi connectivity index (χ2v) is 5.68. The Morgan fingerprint density at radius 1 is 1.12 bits per heavy atom. The van der Waals surface area contributed by atoms with Crippen LogP contribution in [0.5, 0.6) is 0 Å². The maximum absolute atomic E-state index is 11.8. The lowest BCUT2D eigenvalue weighted by molar-refractivity contribution is -0.115. The van der Waals surface area contributed by atoms with E-state index < -0.39 is 26.7 Å².